The Hall–Kier alpha value is -0.625. The molecule has 0 saturated carbocycles. The summed E-state index contributed by atoms with van der Waals surface area (Å²) >= 11 is 1.93. The van der Waals surface area contributed by atoms with Crippen molar-refractivity contribution in [1.29, 1.82) is 0 Å². The molecule has 2 heterocycles. The minimum absolute atomic E-state index is 0.272. The van der Waals surface area contributed by atoms with Crippen LogP contribution >= 0.6 is 11.3 Å². The maximum absolute atomic E-state index is 2.28. The number of hydrogen-bond donors (Lipinski definition) is 0. The third-order valence-electron chi connectivity index (χ3n) is 2.52. The zero-order valence-corrected chi connectivity index (χ0v) is 10.0. The standard InChI is InChI=1S/C12H15BS/c1-8-9-6-5-7-13-11(9)14-10(8)12(2,3)4/h5-7H,1-4H3. The van der Waals surface area contributed by atoms with Gasteiger partial charge in [0.25, 0.3) is 0 Å². The predicted molar refractivity (Wildman–Crippen MR) is 66.6 cm³/mol. The Morgan fingerprint density at radius 1 is 1.29 bits per heavy atom. The van der Waals surface area contributed by atoms with Gasteiger partial charge in [0.1, 0.15) is 0 Å². The van der Waals surface area contributed by atoms with Crippen molar-refractivity contribution in [3.8, 4) is 0 Å². The number of hydrogen-bond acceptors (Lipinski definition) is 1. The Morgan fingerprint density at radius 3 is 2.57 bits per heavy atom. The van der Waals surface area contributed by atoms with Crippen LogP contribution in [0.1, 0.15) is 31.2 Å². The van der Waals surface area contributed by atoms with Gasteiger partial charge < -0.3 is 0 Å². The molecule has 0 saturated heterocycles. The van der Waals surface area contributed by atoms with Crippen LogP contribution in [0.5, 0.6) is 0 Å². The van der Waals surface area contributed by atoms with E-state index < -0.39 is 0 Å². The third-order valence-corrected chi connectivity index (χ3v) is 4.22. The van der Waals surface area contributed by atoms with Gasteiger partial charge in [-0.1, -0.05) is 0 Å². The summed E-state index contributed by atoms with van der Waals surface area (Å²) < 4.78 is 1.41. The monoisotopic (exact) mass is 202 g/mol. The fourth-order valence-corrected chi connectivity index (χ4v) is 3.16. The van der Waals surface area contributed by atoms with Crippen LogP contribution in [0.15, 0.2) is 18.1 Å². The van der Waals surface area contributed by atoms with Crippen LogP contribution in [0.2, 0.25) is 0 Å². The van der Waals surface area contributed by atoms with Crippen LogP contribution < -0.4 is 0 Å². The topological polar surface area (TPSA) is 0 Å². The molecule has 0 amide bonds. The number of aryl methyl sites for hydroxylation is 1. The van der Waals surface area contributed by atoms with Crippen molar-refractivity contribution in [2.24, 2.45) is 0 Å². The fourth-order valence-electron chi connectivity index (χ4n) is 1.89. The summed E-state index contributed by atoms with van der Waals surface area (Å²) in [6, 6.07) is 4.34. The number of fused-ring (bicyclic) bond motifs is 1. The Balaban J connectivity index is 2.75. The van der Waals surface area contributed by atoms with E-state index in [0.29, 0.717) is 0 Å². The molecule has 72 valence electrons. The van der Waals surface area contributed by atoms with Crippen molar-refractivity contribution in [2.45, 2.75) is 33.1 Å². The Bertz CT molecular complexity index is 463. The third kappa shape index (κ3) is 1.52. The van der Waals surface area contributed by atoms with Gasteiger partial charge in [0.15, 0.2) is 0 Å². The van der Waals surface area contributed by atoms with Crippen LogP contribution in [0.25, 0.3) is 9.98 Å². The molecule has 0 aliphatic carbocycles. The molecule has 0 aromatic carbocycles. The predicted octanol–water partition coefficient (Wildman–Crippen LogP) is 3.85. The van der Waals surface area contributed by atoms with E-state index >= 15 is 0 Å². The summed E-state index contributed by atoms with van der Waals surface area (Å²) in [7, 11) is 0. The SMILES string of the molecule is Cc1c(C(C)(C)C)sc2bcccc12. The van der Waals surface area contributed by atoms with E-state index in [1.165, 1.54) is 20.4 Å². The van der Waals surface area contributed by atoms with Gasteiger partial charge in [0.2, 0.25) is 0 Å². The van der Waals surface area contributed by atoms with Crippen molar-refractivity contribution in [3.05, 3.63) is 28.5 Å². The second-order valence-electron chi connectivity index (χ2n) is 4.80. The molecule has 0 radical (unpaired) electrons. The molecule has 0 N–H and O–H groups in total. The van der Waals surface area contributed by atoms with E-state index in [2.05, 4.69) is 52.7 Å². The molecular formula is C12H15BS. The molecule has 0 spiro atoms. The van der Waals surface area contributed by atoms with Crippen LogP contribution in [-0.4, -0.2) is 6.91 Å². The fraction of sp³-hybridized carbons (Fsp3) is 0.417. The van der Waals surface area contributed by atoms with E-state index in [-0.39, 0.29) is 5.41 Å². The Morgan fingerprint density at radius 2 is 2.00 bits per heavy atom. The quantitative estimate of drug-likeness (QED) is 0.608. The van der Waals surface area contributed by atoms with E-state index in [1.54, 1.807) is 0 Å². The molecule has 0 unspecified atom stereocenters. The number of rotatable bonds is 0. The molecule has 2 aromatic rings. The average molecular weight is 202 g/mol. The van der Waals surface area contributed by atoms with Crippen LogP contribution in [0.3, 0.4) is 0 Å². The average Bonchev–Trinajstić information content (AvgIpc) is 2.44. The van der Waals surface area contributed by atoms with Gasteiger partial charge >= 0.3 is 89.9 Å². The summed E-state index contributed by atoms with van der Waals surface area (Å²) in [5, 5.41) is 1.42. The van der Waals surface area contributed by atoms with E-state index in [0.717, 1.165) is 0 Å². The van der Waals surface area contributed by atoms with Crippen LogP contribution in [0.4, 0.5) is 0 Å². The zero-order valence-electron chi connectivity index (χ0n) is 9.22. The van der Waals surface area contributed by atoms with Gasteiger partial charge in [-0.3, -0.25) is 0 Å². The van der Waals surface area contributed by atoms with Crippen molar-refractivity contribution in [2.75, 3.05) is 0 Å². The summed E-state index contributed by atoms with van der Waals surface area (Å²) in [6.07, 6.45) is 0. The van der Waals surface area contributed by atoms with Crippen molar-refractivity contribution < 1.29 is 0 Å². The normalized spacial score (nSPS) is 12.0. The van der Waals surface area contributed by atoms with Gasteiger partial charge in [0.05, 0.1) is 0 Å². The first-order valence-electron chi connectivity index (χ1n) is 4.99. The molecule has 14 heavy (non-hydrogen) atoms. The molecule has 0 fully saturated rings. The maximum atomic E-state index is 2.28. The Labute approximate surface area is 90.2 Å². The summed E-state index contributed by atoms with van der Waals surface area (Å²) in [5.74, 6) is 2.12. The molecule has 0 atom stereocenters. The zero-order chi connectivity index (χ0) is 10.3. The van der Waals surface area contributed by atoms with E-state index in [1.807, 2.05) is 11.3 Å². The van der Waals surface area contributed by atoms with Crippen molar-refractivity contribution in [3.63, 3.8) is 0 Å². The van der Waals surface area contributed by atoms with Crippen LogP contribution in [0, 0.1) is 6.92 Å². The molecule has 0 nitrogen and oxygen atoms in total. The molecule has 0 aliphatic rings. The second kappa shape index (κ2) is 3.20. The molecular weight excluding hydrogens is 187 g/mol. The molecule has 2 rings (SSSR count). The summed E-state index contributed by atoms with van der Waals surface area (Å²) in [6.45, 7) is 11.3. The number of thiophene rings is 1. The molecule has 0 bridgehead atoms. The van der Waals surface area contributed by atoms with Gasteiger partial charge in [-0.05, 0) is 0 Å². The first-order valence-corrected chi connectivity index (χ1v) is 5.80. The molecule has 2 heteroatoms. The first kappa shape index (κ1) is 9.91. The Kier molecular flexibility index (Phi) is 2.26. The van der Waals surface area contributed by atoms with Crippen molar-refractivity contribution >= 4 is 28.2 Å². The summed E-state index contributed by atoms with van der Waals surface area (Å²) in [4.78, 5) is 1.51. The van der Waals surface area contributed by atoms with Crippen LogP contribution in [-0.2, 0) is 5.41 Å². The summed E-state index contributed by atoms with van der Waals surface area (Å²) in [5.41, 5.74) is 1.73. The van der Waals surface area contributed by atoms with Gasteiger partial charge in [0, 0.05) is 0 Å². The minimum atomic E-state index is 0.272. The van der Waals surface area contributed by atoms with E-state index in [9.17, 15) is 0 Å². The van der Waals surface area contributed by atoms with Crippen molar-refractivity contribution in [1.82, 2.24) is 0 Å². The van der Waals surface area contributed by atoms with Gasteiger partial charge in [-0.2, -0.15) is 0 Å². The molecule has 0 aliphatic heterocycles. The van der Waals surface area contributed by atoms with E-state index in [4.69, 9.17) is 0 Å². The van der Waals surface area contributed by atoms with Gasteiger partial charge in [-0.15, -0.1) is 0 Å². The van der Waals surface area contributed by atoms with Gasteiger partial charge in [-0.25, -0.2) is 0 Å². The second-order valence-corrected chi connectivity index (χ2v) is 5.85. The molecule has 2 aromatic heterocycles. The first-order chi connectivity index (χ1) is 6.50.